The maximum absolute atomic E-state index is 11.6. The van der Waals surface area contributed by atoms with Crippen molar-refractivity contribution in [3.05, 3.63) is 35.4 Å². The summed E-state index contributed by atoms with van der Waals surface area (Å²) in [7, 11) is 0. The van der Waals surface area contributed by atoms with Crippen LogP contribution < -0.4 is 0 Å². The minimum Gasteiger partial charge on any atom is -0.479 e. The molecule has 120 valence electrons. The smallest absolute Gasteiger partial charge is 0.340 e. The first kappa shape index (κ1) is 19.7. The van der Waals surface area contributed by atoms with Crippen LogP contribution in [0, 0.1) is 5.41 Å². The first-order valence-corrected chi connectivity index (χ1v) is 6.93. The molecule has 0 aliphatic carbocycles. The van der Waals surface area contributed by atoms with Crippen molar-refractivity contribution in [3.8, 4) is 0 Å². The molecule has 3 heteroatoms. The molecule has 0 radical (unpaired) electrons. The standard InChI is InChI=1S/C17H26O3.CH4/c1-15(2,3)11-17(20,14(18)19)13-9-7-8-12(10-13)16(4,5)6;/h7-10,20H,11H2,1-6H3,(H,18,19);1H4. The number of aliphatic hydroxyl groups is 1. The zero-order valence-corrected chi connectivity index (χ0v) is 13.3. The van der Waals surface area contributed by atoms with Crippen molar-refractivity contribution < 1.29 is 15.0 Å². The van der Waals surface area contributed by atoms with Crippen LogP contribution in [0.4, 0.5) is 0 Å². The monoisotopic (exact) mass is 294 g/mol. The van der Waals surface area contributed by atoms with Gasteiger partial charge in [0.05, 0.1) is 0 Å². The van der Waals surface area contributed by atoms with E-state index in [9.17, 15) is 15.0 Å². The summed E-state index contributed by atoms with van der Waals surface area (Å²) in [5.74, 6) is -1.20. The number of carboxylic acids is 1. The lowest BCUT2D eigenvalue weighted by Gasteiger charge is -2.32. The second-order valence-electron chi connectivity index (χ2n) is 7.73. The molecular weight excluding hydrogens is 264 g/mol. The van der Waals surface area contributed by atoms with Crippen LogP contribution in [-0.4, -0.2) is 16.2 Å². The molecule has 0 saturated carbocycles. The number of rotatable bonds is 3. The minimum absolute atomic E-state index is 0. The molecular formula is C18H30O3. The molecule has 21 heavy (non-hydrogen) atoms. The third-order valence-corrected chi connectivity index (χ3v) is 3.35. The van der Waals surface area contributed by atoms with Gasteiger partial charge in [0.15, 0.2) is 5.60 Å². The van der Waals surface area contributed by atoms with Gasteiger partial charge in [-0.1, -0.05) is 73.2 Å². The molecule has 0 amide bonds. The summed E-state index contributed by atoms with van der Waals surface area (Å²) in [5, 5.41) is 20.2. The zero-order chi connectivity index (χ0) is 15.8. The van der Waals surface area contributed by atoms with Gasteiger partial charge < -0.3 is 10.2 Å². The number of carboxylic acid groups (broad SMARTS) is 1. The molecule has 1 aromatic rings. The highest BCUT2D eigenvalue weighted by molar-refractivity contribution is 5.79. The molecule has 1 unspecified atom stereocenters. The lowest BCUT2D eigenvalue weighted by atomic mass is 9.76. The highest BCUT2D eigenvalue weighted by atomic mass is 16.4. The number of aliphatic carboxylic acids is 1. The molecule has 0 bridgehead atoms. The summed E-state index contributed by atoms with van der Waals surface area (Å²) in [6.45, 7) is 12.0. The van der Waals surface area contributed by atoms with Crippen molar-refractivity contribution in [1.82, 2.24) is 0 Å². The molecule has 0 aromatic heterocycles. The Hall–Kier alpha value is -1.35. The largest absolute Gasteiger partial charge is 0.479 e. The van der Waals surface area contributed by atoms with E-state index in [4.69, 9.17) is 0 Å². The molecule has 1 aromatic carbocycles. The average Bonchev–Trinajstić information content (AvgIpc) is 2.25. The van der Waals surface area contributed by atoms with Gasteiger partial charge >= 0.3 is 5.97 Å². The predicted molar refractivity (Wildman–Crippen MR) is 87.5 cm³/mol. The summed E-state index contributed by atoms with van der Waals surface area (Å²) in [5.41, 5.74) is -0.752. The number of hydrogen-bond acceptors (Lipinski definition) is 2. The van der Waals surface area contributed by atoms with Crippen molar-refractivity contribution in [2.24, 2.45) is 5.41 Å². The van der Waals surface area contributed by atoms with Crippen LogP contribution in [0.2, 0.25) is 0 Å². The van der Waals surface area contributed by atoms with Crippen LogP contribution in [0.3, 0.4) is 0 Å². The van der Waals surface area contributed by atoms with E-state index in [-0.39, 0.29) is 24.7 Å². The Morgan fingerprint density at radius 1 is 1.05 bits per heavy atom. The van der Waals surface area contributed by atoms with Crippen LogP contribution in [0.1, 0.15) is 66.5 Å². The fourth-order valence-corrected chi connectivity index (χ4v) is 2.31. The van der Waals surface area contributed by atoms with E-state index in [1.54, 1.807) is 12.1 Å². The van der Waals surface area contributed by atoms with E-state index in [0.717, 1.165) is 5.56 Å². The third kappa shape index (κ3) is 4.85. The van der Waals surface area contributed by atoms with Crippen LogP contribution in [-0.2, 0) is 15.8 Å². The quantitative estimate of drug-likeness (QED) is 0.872. The Balaban J connectivity index is 0.00000400. The number of hydrogen-bond donors (Lipinski definition) is 2. The van der Waals surface area contributed by atoms with E-state index < -0.39 is 11.6 Å². The van der Waals surface area contributed by atoms with Gasteiger partial charge in [-0.05, 0) is 28.4 Å². The Bertz CT molecular complexity index is 492. The van der Waals surface area contributed by atoms with Gasteiger partial charge in [0.1, 0.15) is 0 Å². The maximum atomic E-state index is 11.6. The Labute approximate surface area is 129 Å². The molecule has 0 spiro atoms. The van der Waals surface area contributed by atoms with Gasteiger partial charge in [0.25, 0.3) is 0 Å². The van der Waals surface area contributed by atoms with Gasteiger partial charge in [-0.2, -0.15) is 0 Å². The molecule has 0 heterocycles. The summed E-state index contributed by atoms with van der Waals surface area (Å²) in [6, 6.07) is 7.27. The van der Waals surface area contributed by atoms with E-state index in [2.05, 4.69) is 20.8 Å². The molecule has 0 saturated heterocycles. The summed E-state index contributed by atoms with van der Waals surface area (Å²) < 4.78 is 0. The molecule has 0 aliphatic rings. The van der Waals surface area contributed by atoms with E-state index in [1.807, 2.05) is 32.9 Å². The second kappa shape index (κ2) is 6.18. The molecule has 1 atom stereocenters. The fraction of sp³-hybridized carbons (Fsp3) is 0.611. The van der Waals surface area contributed by atoms with Crippen molar-refractivity contribution in [2.45, 2.75) is 66.4 Å². The van der Waals surface area contributed by atoms with Crippen molar-refractivity contribution in [2.75, 3.05) is 0 Å². The highest BCUT2D eigenvalue weighted by Gasteiger charge is 2.41. The zero-order valence-electron chi connectivity index (χ0n) is 13.3. The van der Waals surface area contributed by atoms with Gasteiger partial charge in [-0.15, -0.1) is 0 Å². The van der Waals surface area contributed by atoms with Gasteiger partial charge in [0.2, 0.25) is 0 Å². The Kier molecular flexibility index (Phi) is 5.79. The molecule has 0 aliphatic heterocycles. The Morgan fingerprint density at radius 3 is 1.90 bits per heavy atom. The lowest BCUT2D eigenvalue weighted by molar-refractivity contribution is -0.163. The summed E-state index contributed by atoms with van der Waals surface area (Å²) in [4.78, 5) is 11.6. The van der Waals surface area contributed by atoms with Crippen LogP contribution in [0.5, 0.6) is 0 Å². The topological polar surface area (TPSA) is 57.5 Å². The molecule has 2 N–H and O–H groups in total. The predicted octanol–water partition coefficient (Wildman–Crippen LogP) is 4.33. The van der Waals surface area contributed by atoms with Crippen molar-refractivity contribution >= 4 is 5.97 Å². The first-order valence-electron chi connectivity index (χ1n) is 6.93. The normalized spacial score (nSPS) is 15.0. The van der Waals surface area contributed by atoms with Crippen LogP contribution >= 0.6 is 0 Å². The SMILES string of the molecule is C.CC(C)(C)CC(O)(C(=O)O)c1cccc(C(C)(C)C)c1. The fourth-order valence-electron chi connectivity index (χ4n) is 2.31. The highest BCUT2D eigenvalue weighted by Crippen LogP contribution is 2.36. The molecule has 3 nitrogen and oxygen atoms in total. The first-order chi connectivity index (χ1) is 8.86. The Morgan fingerprint density at radius 2 is 1.52 bits per heavy atom. The van der Waals surface area contributed by atoms with Gasteiger partial charge in [-0.3, -0.25) is 0 Å². The van der Waals surface area contributed by atoms with Crippen LogP contribution in [0.25, 0.3) is 0 Å². The number of carbonyl (C=O) groups is 1. The second-order valence-corrected chi connectivity index (χ2v) is 7.73. The lowest BCUT2D eigenvalue weighted by Crippen LogP contribution is -2.39. The number of benzene rings is 1. The third-order valence-electron chi connectivity index (χ3n) is 3.35. The van der Waals surface area contributed by atoms with Crippen LogP contribution in [0.15, 0.2) is 24.3 Å². The summed E-state index contributed by atoms with van der Waals surface area (Å²) >= 11 is 0. The maximum Gasteiger partial charge on any atom is 0.340 e. The van der Waals surface area contributed by atoms with Crippen molar-refractivity contribution in [3.63, 3.8) is 0 Å². The van der Waals surface area contributed by atoms with E-state index >= 15 is 0 Å². The van der Waals surface area contributed by atoms with E-state index in [1.165, 1.54) is 0 Å². The van der Waals surface area contributed by atoms with Gasteiger partial charge in [0, 0.05) is 0 Å². The van der Waals surface area contributed by atoms with E-state index in [0.29, 0.717) is 5.56 Å². The molecule has 1 rings (SSSR count). The van der Waals surface area contributed by atoms with Gasteiger partial charge in [-0.25, -0.2) is 4.79 Å². The van der Waals surface area contributed by atoms with Crippen molar-refractivity contribution in [1.29, 1.82) is 0 Å². The average molecular weight is 294 g/mol. The summed E-state index contributed by atoms with van der Waals surface area (Å²) in [6.07, 6.45) is 0.170. The minimum atomic E-state index is -1.85. The molecule has 0 fully saturated rings.